The van der Waals surface area contributed by atoms with E-state index in [-0.39, 0.29) is 25.0 Å². The molecule has 7 heteroatoms. The number of carbonyl (C=O) groups is 1. The van der Waals surface area contributed by atoms with Gasteiger partial charge in [-0.05, 0) is 43.4 Å². The Bertz CT molecular complexity index is 744. The molecule has 0 radical (unpaired) electrons. The SMILES string of the molecule is O=C(O)CCCOc1c(F)cc(-c2occc2COCC2CC2)cc1F. The van der Waals surface area contributed by atoms with Crippen molar-refractivity contribution < 1.29 is 32.6 Å². The number of aliphatic carboxylic acids is 1. The Labute approximate surface area is 149 Å². The Kier molecular flexibility index (Phi) is 5.88. The molecule has 1 aromatic carbocycles. The molecule has 2 aromatic rings. The lowest BCUT2D eigenvalue weighted by Crippen LogP contribution is -2.05. The summed E-state index contributed by atoms with van der Waals surface area (Å²) in [4.78, 5) is 10.4. The van der Waals surface area contributed by atoms with Gasteiger partial charge in [0, 0.05) is 24.2 Å². The molecule has 1 N–H and O–H groups in total. The third kappa shape index (κ3) is 4.82. The lowest BCUT2D eigenvalue weighted by atomic mass is 10.1. The second-order valence-corrected chi connectivity index (χ2v) is 6.35. The summed E-state index contributed by atoms with van der Waals surface area (Å²) in [5, 5.41) is 8.56. The van der Waals surface area contributed by atoms with Gasteiger partial charge in [0.05, 0.1) is 19.5 Å². The van der Waals surface area contributed by atoms with Gasteiger partial charge in [-0.15, -0.1) is 0 Å². The monoisotopic (exact) mass is 366 g/mol. The maximum Gasteiger partial charge on any atom is 0.303 e. The Morgan fingerprint density at radius 3 is 2.65 bits per heavy atom. The van der Waals surface area contributed by atoms with Crippen LogP contribution >= 0.6 is 0 Å². The van der Waals surface area contributed by atoms with Crippen LogP contribution in [0.3, 0.4) is 0 Å². The smallest absolute Gasteiger partial charge is 0.303 e. The summed E-state index contributed by atoms with van der Waals surface area (Å²) in [5.41, 5.74) is 0.979. The number of carboxylic acids is 1. The average molecular weight is 366 g/mol. The van der Waals surface area contributed by atoms with Gasteiger partial charge in [0.2, 0.25) is 0 Å². The van der Waals surface area contributed by atoms with Crippen LogP contribution in [-0.2, 0) is 16.1 Å². The average Bonchev–Trinajstić information content (AvgIpc) is 3.29. The van der Waals surface area contributed by atoms with Crippen LogP contribution in [-0.4, -0.2) is 24.3 Å². The first-order chi connectivity index (χ1) is 12.5. The van der Waals surface area contributed by atoms with Gasteiger partial charge >= 0.3 is 5.97 Å². The number of carboxylic acid groups (broad SMARTS) is 1. The van der Waals surface area contributed by atoms with E-state index in [4.69, 9.17) is 19.0 Å². The molecule has 3 rings (SSSR count). The van der Waals surface area contributed by atoms with Gasteiger partial charge in [-0.2, -0.15) is 0 Å². The molecule has 1 aliphatic carbocycles. The largest absolute Gasteiger partial charge is 0.488 e. The van der Waals surface area contributed by atoms with Crippen LogP contribution < -0.4 is 4.74 Å². The van der Waals surface area contributed by atoms with Gasteiger partial charge in [0.25, 0.3) is 0 Å². The lowest BCUT2D eigenvalue weighted by Gasteiger charge is -2.10. The molecule has 1 fully saturated rings. The van der Waals surface area contributed by atoms with Gasteiger partial charge < -0.3 is 19.0 Å². The minimum Gasteiger partial charge on any atom is -0.488 e. The van der Waals surface area contributed by atoms with Gasteiger partial charge in [0.15, 0.2) is 17.4 Å². The number of furan rings is 1. The van der Waals surface area contributed by atoms with Crippen LogP contribution in [0.4, 0.5) is 8.78 Å². The number of hydrogen-bond acceptors (Lipinski definition) is 4. The molecule has 0 amide bonds. The minimum absolute atomic E-state index is 0.0828. The fraction of sp³-hybridized carbons (Fsp3) is 0.421. The van der Waals surface area contributed by atoms with E-state index in [0.717, 1.165) is 17.7 Å². The molecule has 0 bridgehead atoms. The van der Waals surface area contributed by atoms with Crippen LogP contribution in [0.2, 0.25) is 0 Å². The summed E-state index contributed by atoms with van der Waals surface area (Å²) in [6.45, 7) is 0.913. The number of hydrogen-bond donors (Lipinski definition) is 1. The van der Waals surface area contributed by atoms with E-state index in [0.29, 0.717) is 24.9 Å². The summed E-state index contributed by atoms with van der Waals surface area (Å²) in [6.07, 6.45) is 3.86. The molecule has 140 valence electrons. The van der Waals surface area contributed by atoms with Crippen molar-refractivity contribution in [2.75, 3.05) is 13.2 Å². The maximum absolute atomic E-state index is 14.2. The highest BCUT2D eigenvalue weighted by atomic mass is 19.1. The predicted molar refractivity (Wildman–Crippen MR) is 88.8 cm³/mol. The van der Waals surface area contributed by atoms with E-state index in [1.54, 1.807) is 6.07 Å². The molecule has 0 unspecified atom stereocenters. The Balaban J connectivity index is 1.67. The van der Waals surface area contributed by atoms with E-state index in [2.05, 4.69) is 0 Å². The zero-order chi connectivity index (χ0) is 18.5. The number of benzene rings is 1. The topological polar surface area (TPSA) is 68.9 Å². The zero-order valence-corrected chi connectivity index (χ0v) is 14.2. The normalized spacial score (nSPS) is 13.8. The molecule has 5 nitrogen and oxygen atoms in total. The molecule has 1 aliphatic rings. The fourth-order valence-corrected chi connectivity index (χ4v) is 2.55. The van der Waals surface area contributed by atoms with Gasteiger partial charge in [-0.1, -0.05) is 0 Å². The van der Waals surface area contributed by atoms with E-state index in [1.165, 1.54) is 19.1 Å². The molecule has 0 atom stereocenters. The standard InChI is InChI=1S/C19H20F2O5/c20-15-8-14(9-16(21)19(15)25-6-1-2-17(22)23)18-13(5-7-26-18)11-24-10-12-3-4-12/h5,7-9,12H,1-4,6,10-11H2,(H,22,23). The second-order valence-electron chi connectivity index (χ2n) is 6.35. The number of ether oxygens (including phenoxy) is 2. The first-order valence-corrected chi connectivity index (χ1v) is 8.52. The van der Waals surface area contributed by atoms with Crippen LogP contribution in [0.25, 0.3) is 11.3 Å². The zero-order valence-electron chi connectivity index (χ0n) is 14.2. The summed E-state index contributed by atoms with van der Waals surface area (Å²) >= 11 is 0. The molecule has 0 aliphatic heterocycles. The van der Waals surface area contributed by atoms with Crippen molar-refractivity contribution in [1.82, 2.24) is 0 Å². The molecule has 1 heterocycles. The molecular weight excluding hydrogens is 346 g/mol. The van der Waals surface area contributed by atoms with Crippen molar-refractivity contribution in [2.24, 2.45) is 5.92 Å². The fourth-order valence-electron chi connectivity index (χ4n) is 2.55. The second kappa shape index (κ2) is 8.31. The van der Waals surface area contributed by atoms with Crippen molar-refractivity contribution in [3.05, 3.63) is 41.7 Å². The van der Waals surface area contributed by atoms with Crippen LogP contribution in [0, 0.1) is 17.6 Å². The summed E-state index contributed by atoms with van der Waals surface area (Å²) in [7, 11) is 0. The third-order valence-corrected chi connectivity index (χ3v) is 4.10. The molecule has 0 saturated heterocycles. The van der Waals surface area contributed by atoms with Gasteiger partial charge in [-0.3, -0.25) is 4.79 Å². The van der Waals surface area contributed by atoms with Crippen molar-refractivity contribution in [2.45, 2.75) is 32.3 Å². The first kappa shape index (κ1) is 18.4. The highest BCUT2D eigenvalue weighted by Gasteiger charge is 2.22. The minimum atomic E-state index is -0.987. The summed E-state index contributed by atoms with van der Waals surface area (Å²) < 4.78 is 44.5. The highest BCUT2D eigenvalue weighted by molar-refractivity contribution is 5.66. The summed E-state index contributed by atoms with van der Waals surface area (Å²) in [5.74, 6) is -2.25. The van der Waals surface area contributed by atoms with Crippen molar-refractivity contribution in [3.63, 3.8) is 0 Å². The molecule has 26 heavy (non-hydrogen) atoms. The van der Waals surface area contributed by atoms with Crippen LogP contribution in [0.5, 0.6) is 5.75 Å². The molecule has 0 spiro atoms. The third-order valence-electron chi connectivity index (χ3n) is 4.10. The highest BCUT2D eigenvalue weighted by Crippen LogP contribution is 2.33. The predicted octanol–water partition coefficient (Wildman–Crippen LogP) is 4.40. The van der Waals surface area contributed by atoms with E-state index >= 15 is 0 Å². The Morgan fingerprint density at radius 2 is 2.00 bits per heavy atom. The first-order valence-electron chi connectivity index (χ1n) is 8.52. The van der Waals surface area contributed by atoms with Gasteiger partial charge in [-0.25, -0.2) is 8.78 Å². The van der Waals surface area contributed by atoms with E-state index in [9.17, 15) is 13.6 Å². The molecule has 1 saturated carbocycles. The summed E-state index contributed by atoms with van der Waals surface area (Å²) in [6, 6.07) is 3.99. The van der Waals surface area contributed by atoms with Crippen molar-refractivity contribution >= 4 is 5.97 Å². The molecular formula is C19H20F2O5. The van der Waals surface area contributed by atoms with Gasteiger partial charge in [0.1, 0.15) is 5.76 Å². The Morgan fingerprint density at radius 1 is 1.27 bits per heavy atom. The van der Waals surface area contributed by atoms with Crippen LogP contribution in [0.1, 0.15) is 31.2 Å². The van der Waals surface area contributed by atoms with Crippen LogP contribution in [0.15, 0.2) is 28.9 Å². The number of halogens is 2. The maximum atomic E-state index is 14.2. The molecule has 1 aromatic heterocycles. The number of rotatable bonds is 10. The van der Waals surface area contributed by atoms with E-state index in [1.807, 2.05) is 0 Å². The quantitative estimate of drug-likeness (QED) is 0.632. The Hall–Kier alpha value is -2.41. The van der Waals surface area contributed by atoms with Crippen molar-refractivity contribution in [1.29, 1.82) is 0 Å². The van der Waals surface area contributed by atoms with E-state index < -0.39 is 23.4 Å². The lowest BCUT2D eigenvalue weighted by molar-refractivity contribution is -0.137. The van der Waals surface area contributed by atoms with Crippen molar-refractivity contribution in [3.8, 4) is 17.1 Å².